The molecule has 0 aliphatic rings. The summed E-state index contributed by atoms with van der Waals surface area (Å²) in [5, 5.41) is 15.8. The number of nitrogens with one attached hydrogen (secondary N) is 1. The van der Waals surface area contributed by atoms with Crippen molar-refractivity contribution in [2.75, 3.05) is 11.9 Å². The lowest BCUT2D eigenvalue weighted by Gasteiger charge is -2.10. The molecule has 0 amide bonds. The lowest BCUT2D eigenvalue weighted by molar-refractivity contribution is 0.222. The molecular formula is C12H17N5O2. The van der Waals surface area contributed by atoms with Gasteiger partial charge in [0.15, 0.2) is 5.82 Å². The zero-order chi connectivity index (χ0) is 13.8. The van der Waals surface area contributed by atoms with E-state index in [1.165, 1.54) is 0 Å². The van der Waals surface area contributed by atoms with E-state index in [4.69, 9.17) is 9.63 Å². The molecular weight excluding hydrogens is 246 g/mol. The SMILES string of the molecule is Cc1nc(C)c(C)c(NCCc2noc(CO)n2)n1. The number of hydrogen-bond acceptors (Lipinski definition) is 7. The van der Waals surface area contributed by atoms with Crippen LogP contribution in [0.2, 0.25) is 0 Å². The van der Waals surface area contributed by atoms with Crippen LogP contribution < -0.4 is 5.32 Å². The fourth-order valence-electron chi connectivity index (χ4n) is 1.69. The molecule has 102 valence electrons. The predicted octanol–water partition coefficient (Wildman–Crippen LogP) is 0.932. The van der Waals surface area contributed by atoms with Crippen molar-refractivity contribution >= 4 is 5.82 Å². The normalized spacial score (nSPS) is 10.7. The first kappa shape index (κ1) is 13.4. The molecule has 0 saturated carbocycles. The van der Waals surface area contributed by atoms with Crippen LogP contribution in [0.25, 0.3) is 0 Å². The smallest absolute Gasteiger partial charge is 0.252 e. The molecule has 0 fully saturated rings. The van der Waals surface area contributed by atoms with Gasteiger partial charge in [-0.15, -0.1) is 0 Å². The zero-order valence-corrected chi connectivity index (χ0v) is 11.3. The van der Waals surface area contributed by atoms with E-state index >= 15 is 0 Å². The topological polar surface area (TPSA) is 97.0 Å². The minimum absolute atomic E-state index is 0.232. The van der Waals surface area contributed by atoms with Crippen molar-refractivity contribution in [3.63, 3.8) is 0 Å². The van der Waals surface area contributed by atoms with E-state index < -0.39 is 0 Å². The predicted molar refractivity (Wildman–Crippen MR) is 68.7 cm³/mol. The molecule has 0 atom stereocenters. The van der Waals surface area contributed by atoms with Crippen molar-refractivity contribution < 1.29 is 9.63 Å². The van der Waals surface area contributed by atoms with Gasteiger partial charge in [-0.1, -0.05) is 5.16 Å². The van der Waals surface area contributed by atoms with Crippen molar-refractivity contribution in [3.8, 4) is 0 Å². The van der Waals surface area contributed by atoms with Gasteiger partial charge >= 0.3 is 0 Å². The second-order valence-electron chi connectivity index (χ2n) is 4.27. The standard InChI is InChI=1S/C12H17N5O2/c1-7-8(2)14-9(3)15-12(7)13-5-4-10-16-11(6-18)19-17-10/h18H,4-6H2,1-3H3,(H,13,14,15). The largest absolute Gasteiger partial charge is 0.387 e. The highest BCUT2D eigenvalue weighted by molar-refractivity contribution is 5.45. The number of aromatic nitrogens is 4. The summed E-state index contributed by atoms with van der Waals surface area (Å²) in [5.74, 6) is 2.38. The number of aliphatic hydroxyl groups excluding tert-OH is 1. The van der Waals surface area contributed by atoms with Gasteiger partial charge in [-0.25, -0.2) is 9.97 Å². The molecule has 0 spiro atoms. The lowest BCUT2D eigenvalue weighted by Crippen LogP contribution is -2.10. The van der Waals surface area contributed by atoms with Gasteiger partial charge in [0.25, 0.3) is 5.89 Å². The van der Waals surface area contributed by atoms with E-state index in [0.717, 1.165) is 22.9 Å². The average Bonchev–Trinajstić information content (AvgIpc) is 2.83. The summed E-state index contributed by atoms with van der Waals surface area (Å²) in [4.78, 5) is 12.7. The Labute approximate surface area is 111 Å². The van der Waals surface area contributed by atoms with Crippen molar-refractivity contribution in [3.05, 3.63) is 28.8 Å². The molecule has 2 heterocycles. The third kappa shape index (κ3) is 3.25. The van der Waals surface area contributed by atoms with Gasteiger partial charge in [0.2, 0.25) is 0 Å². The van der Waals surface area contributed by atoms with Crippen LogP contribution in [0, 0.1) is 20.8 Å². The Morgan fingerprint density at radius 1 is 1.16 bits per heavy atom. The molecule has 19 heavy (non-hydrogen) atoms. The van der Waals surface area contributed by atoms with Gasteiger partial charge in [0.05, 0.1) is 0 Å². The first-order valence-electron chi connectivity index (χ1n) is 6.08. The highest BCUT2D eigenvalue weighted by Crippen LogP contribution is 2.14. The van der Waals surface area contributed by atoms with E-state index in [1.54, 1.807) is 0 Å². The molecule has 7 heteroatoms. The molecule has 0 aromatic carbocycles. The average molecular weight is 263 g/mol. The number of nitrogens with zero attached hydrogens (tertiary/aromatic N) is 4. The fraction of sp³-hybridized carbons (Fsp3) is 0.500. The van der Waals surface area contributed by atoms with Gasteiger partial charge < -0.3 is 14.9 Å². The van der Waals surface area contributed by atoms with Crippen LogP contribution in [-0.4, -0.2) is 31.8 Å². The third-order valence-corrected chi connectivity index (χ3v) is 2.79. The molecule has 2 N–H and O–H groups in total. The quantitative estimate of drug-likeness (QED) is 0.828. The van der Waals surface area contributed by atoms with Crippen LogP contribution >= 0.6 is 0 Å². The monoisotopic (exact) mass is 263 g/mol. The van der Waals surface area contributed by atoms with Gasteiger partial charge in [-0.05, 0) is 20.8 Å². The van der Waals surface area contributed by atoms with E-state index in [2.05, 4.69) is 25.4 Å². The second-order valence-corrected chi connectivity index (χ2v) is 4.27. The molecule has 7 nitrogen and oxygen atoms in total. The van der Waals surface area contributed by atoms with Crippen molar-refractivity contribution in [2.24, 2.45) is 0 Å². The Bertz CT molecular complexity index is 567. The maximum atomic E-state index is 8.82. The summed E-state index contributed by atoms with van der Waals surface area (Å²) in [5.41, 5.74) is 2.01. The fourth-order valence-corrected chi connectivity index (χ4v) is 1.69. The van der Waals surface area contributed by atoms with Gasteiger partial charge in [0.1, 0.15) is 18.2 Å². The minimum Gasteiger partial charge on any atom is -0.387 e. The van der Waals surface area contributed by atoms with E-state index in [1.807, 2.05) is 20.8 Å². The summed E-state index contributed by atoms with van der Waals surface area (Å²) in [6, 6.07) is 0. The number of aliphatic hydroxyl groups is 1. The molecule has 0 saturated heterocycles. The molecule has 0 unspecified atom stereocenters. The molecule has 0 aliphatic heterocycles. The number of hydrogen-bond donors (Lipinski definition) is 2. The van der Waals surface area contributed by atoms with E-state index in [0.29, 0.717) is 18.8 Å². The third-order valence-electron chi connectivity index (χ3n) is 2.79. The molecule has 2 aromatic rings. The van der Waals surface area contributed by atoms with Crippen LogP contribution in [0.1, 0.15) is 28.8 Å². The minimum atomic E-state index is -0.232. The van der Waals surface area contributed by atoms with Gasteiger partial charge in [-0.3, -0.25) is 0 Å². The number of aryl methyl sites for hydroxylation is 2. The van der Waals surface area contributed by atoms with Crippen molar-refractivity contribution in [1.82, 2.24) is 20.1 Å². The summed E-state index contributed by atoms with van der Waals surface area (Å²) < 4.78 is 4.81. The Balaban J connectivity index is 1.95. The van der Waals surface area contributed by atoms with Crippen molar-refractivity contribution in [2.45, 2.75) is 33.8 Å². The number of anilines is 1. The molecule has 0 bridgehead atoms. The summed E-state index contributed by atoms with van der Waals surface area (Å²) in [6.45, 7) is 6.21. The van der Waals surface area contributed by atoms with Crippen LogP contribution in [-0.2, 0) is 13.0 Å². The number of rotatable bonds is 5. The van der Waals surface area contributed by atoms with Crippen LogP contribution in [0.4, 0.5) is 5.82 Å². The van der Waals surface area contributed by atoms with E-state index in [-0.39, 0.29) is 12.5 Å². The first-order valence-corrected chi connectivity index (χ1v) is 6.08. The van der Waals surface area contributed by atoms with Gasteiger partial charge in [0, 0.05) is 24.2 Å². The molecule has 0 aliphatic carbocycles. The van der Waals surface area contributed by atoms with Crippen LogP contribution in [0.15, 0.2) is 4.52 Å². The zero-order valence-electron chi connectivity index (χ0n) is 11.3. The van der Waals surface area contributed by atoms with Crippen LogP contribution in [0.3, 0.4) is 0 Å². The molecule has 2 aromatic heterocycles. The summed E-state index contributed by atoms with van der Waals surface area (Å²) >= 11 is 0. The maximum Gasteiger partial charge on any atom is 0.252 e. The Hall–Kier alpha value is -2.02. The summed E-state index contributed by atoms with van der Waals surface area (Å²) in [6.07, 6.45) is 0.602. The molecule has 0 radical (unpaired) electrons. The van der Waals surface area contributed by atoms with Gasteiger partial charge in [-0.2, -0.15) is 4.98 Å². The summed E-state index contributed by atoms with van der Waals surface area (Å²) in [7, 11) is 0. The van der Waals surface area contributed by atoms with Crippen molar-refractivity contribution in [1.29, 1.82) is 0 Å². The van der Waals surface area contributed by atoms with Crippen LogP contribution in [0.5, 0.6) is 0 Å². The lowest BCUT2D eigenvalue weighted by atomic mass is 10.2. The second kappa shape index (κ2) is 5.75. The maximum absolute atomic E-state index is 8.82. The Kier molecular flexibility index (Phi) is 4.06. The Morgan fingerprint density at radius 3 is 2.63 bits per heavy atom. The van der Waals surface area contributed by atoms with E-state index in [9.17, 15) is 0 Å². The highest BCUT2D eigenvalue weighted by atomic mass is 16.5. The first-order chi connectivity index (χ1) is 9.10. The molecule has 2 rings (SSSR count). The highest BCUT2D eigenvalue weighted by Gasteiger charge is 2.07. The Morgan fingerprint density at radius 2 is 1.95 bits per heavy atom.